The van der Waals surface area contributed by atoms with Crippen molar-refractivity contribution in [3.63, 3.8) is 0 Å². The molecule has 2 amide bonds. The fraction of sp³-hybridized carbons (Fsp3) is 0.267. The Morgan fingerprint density at radius 2 is 0.712 bits per heavy atom. The second kappa shape index (κ2) is 15.3. The van der Waals surface area contributed by atoms with E-state index < -0.39 is 83.4 Å². The number of hydrogen-bond donors (Lipinski definition) is 8. The van der Waals surface area contributed by atoms with Gasteiger partial charge in [-0.1, -0.05) is 25.7 Å². The van der Waals surface area contributed by atoms with Gasteiger partial charge in [0.2, 0.25) is 11.8 Å². The van der Waals surface area contributed by atoms with Crippen molar-refractivity contribution >= 4 is 85.2 Å². The lowest BCUT2D eigenvalue weighted by Gasteiger charge is -2.13. The molecule has 52 heavy (non-hydrogen) atoms. The van der Waals surface area contributed by atoms with Gasteiger partial charge < -0.3 is 20.8 Å². The van der Waals surface area contributed by atoms with Gasteiger partial charge in [-0.05, 0) is 60.0 Å². The fourth-order valence-electron chi connectivity index (χ4n) is 5.37. The highest BCUT2D eigenvalue weighted by Crippen LogP contribution is 2.38. The van der Waals surface area contributed by atoms with Gasteiger partial charge >= 0.3 is 0 Å². The molecule has 0 unspecified atom stereocenters. The van der Waals surface area contributed by atoms with Crippen molar-refractivity contribution in [3.8, 4) is 11.5 Å². The number of benzene rings is 4. The van der Waals surface area contributed by atoms with Gasteiger partial charge in [-0.2, -0.15) is 33.7 Å². The second-order valence-electron chi connectivity index (χ2n) is 11.6. The number of phenols is 2. The Kier molecular flexibility index (Phi) is 11.9. The van der Waals surface area contributed by atoms with Gasteiger partial charge in [0.15, 0.2) is 0 Å². The largest absolute Gasteiger partial charge is 0.507 e. The van der Waals surface area contributed by atoms with E-state index in [-0.39, 0.29) is 45.8 Å². The predicted octanol–water partition coefficient (Wildman–Crippen LogP) is 4.09. The summed E-state index contributed by atoms with van der Waals surface area (Å²) in [5, 5.41) is 25.0. The van der Waals surface area contributed by atoms with E-state index in [1.54, 1.807) is 0 Å². The lowest BCUT2D eigenvalue weighted by Crippen LogP contribution is -2.13. The van der Waals surface area contributed by atoms with Gasteiger partial charge in [-0.15, -0.1) is 0 Å². The summed E-state index contributed by atoms with van der Waals surface area (Å²) < 4.78 is 131. The molecule has 4 aromatic rings. The topological polar surface area (TPSA) is 316 Å². The number of phenolic OH excluding ortho intramolecular Hbond substituents is 2. The normalized spacial score (nSPS) is 12.6. The molecule has 0 saturated heterocycles. The first kappa shape index (κ1) is 40.4. The van der Waals surface area contributed by atoms with E-state index in [0.29, 0.717) is 50.7 Å². The van der Waals surface area contributed by atoms with E-state index in [2.05, 4.69) is 10.6 Å². The average Bonchev–Trinajstić information content (AvgIpc) is 2.99. The Hall–Kier alpha value is -4.42. The lowest BCUT2D eigenvalue weighted by molar-refractivity contribution is -0.117. The minimum atomic E-state index is -4.83. The van der Waals surface area contributed by atoms with Gasteiger partial charge in [0.25, 0.3) is 40.5 Å². The maximum absolute atomic E-state index is 12.7. The molecular formula is C30H32N2O16S4. The van der Waals surface area contributed by atoms with Crippen LogP contribution in [-0.4, -0.2) is 73.9 Å². The highest BCUT2D eigenvalue weighted by molar-refractivity contribution is 7.86. The first-order valence-electron chi connectivity index (χ1n) is 15.1. The van der Waals surface area contributed by atoms with Crippen molar-refractivity contribution in [2.24, 2.45) is 0 Å². The SMILES string of the molecule is O=C(CCCCCCCCC(=O)Nc1cc(S(=O)(=O)O)cc2cc(S(=O)(=O)O)cc(O)c12)Nc1cc(S(=O)(=O)O)cc2cc(S(=O)(=O)O)cc(O)c12. The molecule has 0 aromatic heterocycles. The summed E-state index contributed by atoms with van der Waals surface area (Å²) in [6.45, 7) is 0. The second-order valence-corrected chi connectivity index (χ2v) is 17.3. The number of rotatable bonds is 15. The van der Waals surface area contributed by atoms with Crippen LogP contribution < -0.4 is 10.6 Å². The molecule has 0 fully saturated rings. The summed E-state index contributed by atoms with van der Waals surface area (Å²) >= 11 is 0. The van der Waals surface area contributed by atoms with Crippen LogP contribution in [0.2, 0.25) is 0 Å². The molecule has 0 heterocycles. The molecule has 0 bridgehead atoms. The maximum atomic E-state index is 12.7. The van der Waals surface area contributed by atoms with E-state index in [1.807, 2.05) is 0 Å². The number of nitrogens with one attached hydrogen (secondary N) is 2. The minimum absolute atomic E-state index is 0.0426. The molecule has 18 nitrogen and oxygen atoms in total. The standard InChI is InChI=1S/C30H32N2O16S4/c33-25-15-21(51(43,44)45)11-17-9-19(49(37,38)39)13-23(29(17)25)31-27(35)7-5-3-1-2-4-6-8-28(36)32-24-14-20(50(40,41)42)10-18-12-22(52(46,47)48)16-26(34)30(18)24/h9-16,33-34H,1-8H2,(H,31,35)(H,32,36)(H,37,38,39)(H,40,41,42)(H,43,44,45)(H,46,47,48). The first-order chi connectivity index (χ1) is 23.9. The molecule has 0 radical (unpaired) electrons. The molecular weight excluding hydrogens is 773 g/mol. The van der Waals surface area contributed by atoms with Crippen molar-refractivity contribution in [1.82, 2.24) is 0 Å². The van der Waals surface area contributed by atoms with Gasteiger partial charge in [0, 0.05) is 35.7 Å². The number of carbonyl (C=O) groups is 2. The molecule has 0 atom stereocenters. The number of carbonyl (C=O) groups excluding carboxylic acids is 2. The van der Waals surface area contributed by atoms with E-state index in [1.165, 1.54) is 0 Å². The smallest absolute Gasteiger partial charge is 0.294 e. The van der Waals surface area contributed by atoms with Crippen LogP contribution >= 0.6 is 0 Å². The molecule has 0 aliphatic heterocycles. The Morgan fingerprint density at radius 3 is 1.00 bits per heavy atom. The minimum Gasteiger partial charge on any atom is -0.507 e. The summed E-state index contributed by atoms with van der Waals surface area (Å²) in [6, 6.07) is 6.62. The number of aromatic hydroxyl groups is 2. The van der Waals surface area contributed by atoms with Crippen LogP contribution in [0.25, 0.3) is 21.5 Å². The van der Waals surface area contributed by atoms with Crippen LogP contribution in [0.1, 0.15) is 51.4 Å². The number of unbranched alkanes of at least 4 members (excludes halogenated alkanes) is 5. The van der Waals surface area contributed by atoms with Crippen LogP contribution in [0.4, 0.5) is 11.4 Å². The van der Waals surface area contributed by atoms with Gasteiger partial charge in [-0.25, -0.2) is 0 Å². The lowest BCUT2D eigenvalue weighted by atomic mass is 10.1. The Balaban J connectivity index is 1.30. The molecule has 282 valence electrons. The zero-order chi connectivity index (χ0) is 38.8. The van der Waals surface area contributed by atoms with Crippen LogP contribution in [-0.2, 0) is 50.1 Å². The third-order valence-corrected chi connectivity index (χ3v) is 11.1. The maximum Gasteiger partial charge on any atom is 0.294 e. The van der Waals surface area contributed by atoms with Crippen molar-refractivity contribution in [2.75, 3.05) is 10.6 Å². The third-order valence-electron chi connectivity index (χ3n) is 7.75. The zero-order valence-electron chi connectivity index (χ0n) is 26.7. The fourth-order valence-corrected chi connectivity index (χ4v) is 7.53. The van der Waals surface area contributed by atoms with Crippen LogP contribution in [0.5, 0.6) is 11.5 Å². The van der Waals surface area contributed by atoms with Gasteiger partial charge in [0.1, 0.15) is 11.5 Å². The summed E-state index contributed by atoms with van der Waals surface area (Å²) in [5.74, 6) is -2.56. The summed E-state index contributed by atoms with van der Waals surface area (Å²) in [4.78, 5) is 22.4. The van der Waals surface area contributed by atoms with E-state index in [4.69, 9.17) is 0 Å². The van der Waals surface area contributed by atoms with E-state index in [9.17, 15) is 71.7 Å². The zero-order valence-corrected chi connectivity index (χ0v) is 29.9. The summed E-state index contributed by atoms with van der Waals surface area (Å²) in [5.41, 5.74) is -0.466. The molecule has 22 heteroatoms. The highest BCUT2D eigenvalue weighted by atomic mass is 32.2. The number of fused-ring (bicyclic) bond motifs is 2. The molecule has 0 saturated carbocycles. The van der Waals surface area contributed by atoms with Crippen LogP contribution in [0, 0.1) is 0 Å². The summed E-state index contributed by atoms with van der Waals surface area (Å²) in [6.07, 6.45) is 3.07. The Bertz CT molecular complexity index is 2350. The van der Waals surface area contributed by atoms with Crippen molar-refractivity contribution in [2.45, 2.75) is 70.9 Å². The van der Waals surface area contributed by atoms with Crippen molar-refractivity contribution < 1.29 is 71.7 Å². The van der Waals surface area contributed by atoms with E-state index in [0.717, 1.165) is 36.4 Å². The van der Waals surface area contributed by atoms with Crippen molar-refractivity contribution in [3.05, 3.63) is 48.5 Å². The monoisotopic (exact) mass is 804 g/mol. The molecule has 0 aliphatic rings. The van der Waals surface area contributed by atoms with Crippen LogP contribution in [0.15, 0.2) is 68.1 Å². The van der Waals surface area contributed by atoms with Gasteiger partial charge in [-0.3, -0.25) is 27.8 Å². The third kappa shape index (κ3) is 10.1. The molecule has 0 aliphatic carbocycles. The first-order valence-corrected chi connectivity index (χ1v) is 20.8. The molecule has 8 N–H and O–H groups in total. The Labute approximate surface area is 297 Å². The van der Waals surface area contributed by atoms with Gasteiger partial charge in [0.05, 0.1) is 31.0 Å². The predicted molar refractivity (Wildman–Crippen MR) is 185 cm³/mol. The molecule has 4 rings (SSSR count). The number of anilines is 2. The Morgan fingerprint density at radius 1 is 0.442 bits per heavy atom. The molecule has 4 aromatic carbocycles. The average molecular weight is 805 g/mol. The quantitative estimate of drug-likeness (QED) is 0.0620. The van der Waals surface area contributed by atoms with Crippen LogP contribution in [0.3, 0.4) is 0 Å². The summed E-state index contributed by atoms with van der Waals surface area (Å²) in [7, 11) is -19.2. The molecule has 0 spiro atoms. The van der Waals surface area contributed by atoms with E-state index >= 15 is 0 Å². The highest BCUT2D eigenvalue weighted by Gasteiger charge is 2.22. The number of amides is 2. The van der Waals surface area contributed by atoms with Crippen molar-refractivity contribution in [1.29, 1.82) is 0 Å². The number of hydrogen-bond acceptors (Lipinski definition) is 12.